The standard InChI is InChI=1S/C8H8O4/c1-5(9)12-7-3-2-6(10)8(7)4-11-8/h2-3,7H,4H2,1H3/t7-,8-/m1/s1. The minimum atomic E-state index is -0.842. The summed E-state index contributed by atoms with van der Waals surface area (Å²) in [5, 5.41) is 0. The molecule has 1 fully saturated rings. The second-order valence-corrected chi connectivity index (χ2v) is 2.93. The summed E-state index contributed by atoms with van der Waals surface area (Å²) >= 11 is 0. The van der Waals surface area contributed by atoms with Crippen LogP contribution in [0.2, 0.25) is 0 Å². The van der Waals surface area contributed by atoms with Crippen LogP contribution in [0.15, 0.2) is 12.2 Å². The van der Waals surface area contributed by atoms with Crippen LogP contribution in [-0.2, 0) is 19.1 Å². The lowest BCUT2D eigenvalue weighted by molar-refractivity contribution is -0.147. The van der Waals surface area contributed by atoms with Crippen LogP contribution in [0, 0.1) is 0 Å². The third-order valence-corrected chi connectivity index (χ3v) is 2.05. The molecule has 0 bridgehead atoms. The molecule has 64 valence electrons. The first-order valence-electron chi connectivity index (χ1n) is 3.69. The normalized spacial score (nSPS) is 37.4. The Balaban J connectivity index is 2.13. The predicted octanol–water partition coefficient (Wildman–Crippen LogP) is -0.174. The second-order valence-electron chi connectivity index (χ2n) is 2.93. The number of carbonyl (C=O) groups is 2. The van der Waals surface area contributed by atoms with Crippen molar-refractivity contribution in [1.29, 1.82) is 0 Å². The number of ketones is 1. The molecule has 2 rings (SSSR count). The highest BCUT2D eigenvalue weighted by atomic mass is 16.6. The highest BCUT2D eigenvalue weighted by Crippen LogP contribution is 2.38. The summed E-state index contributed by atoms with van der Waals surface area (Å²) in [7, 11) is 0. The highest BCUT2D eigenvalue weighted by molar-refractivity contribution is 6.02. The fourth-order valence-electron chi connectivity index (χ4n) is 1.31. The van der Waals surface area contributed by atoms with Gasteiger partial charge in [-0.2, -0.15) is 0 Å². The minimum Gasteiger partial charge on any atom is -0.455 e. The fraction of sp³-hybridized carbons (Fsp3) is 0.500. The zero-order valence-corrected chi connectivity index (χ0v) is 6.57. The summed E-state index contributed by atoms with van der Waals surface area (Å²) < 4.78 is 9.88. The molecule has 0 N–H and O–H groups in total. The van der Waals surface area contributed by atoms with E-state index in [1.54, 1.807) is 6.08 Å². The van der Waals surface area contributed by atoms with Gasteiger partial charge in [0.1, 0.15) is 0 Å². The molecule has 0 unspecified atom stereocenters. The summed E-state index contributed by atoms with van der Waals surface area (Å²) in [6.07, 6.45) is 2.46. The van der Waals surface area contributed by atoms with Gasteiger partial charge in [-0.25, -0.2) is 0 Å². The third-order valence-electron chi connectivity index (χ3n) is 2.05. The lowest BCUT2D eigenvalue weighted by Gasteiger charge is -2.12. The predicted molar refractivity (Wildman–Crippen MR) is 38.4 cm³/mol. The summed E-state index contributed by atoms with van der Waals surface area (Å²) in [6.45, 7) is 1.67. The topological polar surface area (TPSA) is 55.9 Å². The van der Waals surface area contributed by atoms with Gasteiger partial charge in [-0.05, 0) is 12.2 Å². The van der Waals surface area contributed by atoms with Crippen LogP contribution in [-0.4, -0.2) is 30.1 Å². The molecule has 2 atom stereocenters. The number of esters is 1. The van der Waals surface area contributed by atoms with Crippen molar-refractivity contribution in [2.75, 3.05) is 6.61 Å². The molecule has 1 aliphatic heterocycles. The second kappa shape index (κ2) is 2.17. The molecular formula is C8H8O4. The summed E-state index contributed by atoms with van der Waals surface area (Å²) in [5.41, 5.74) is -0.842. The Hall–Kier alpha value is -1.16. The Morgan fingerprint density at radius 3 is 3.00 bits per heavy atom. The average molecular weight is 168 g/mol. The Morgan fingerprint density at radius 2 is 2.50 bits per heavy atom. The number of hydrogen-bond acceptors (Lipinski definition) is 4. The SMILES string of the molecule is CC(=O)O[C@@H]1C=CC(=O)[C@]12CO2. The van der Waals surface area contributed by atoms with Gasteiger partial charge in [-0.1, -0.05) is 0 Å². The van der Waals surface area contributed by atoms with Crippen LogP contribution in [0.25, 0.3) is 0 Å². The van der Waals surface area contributed by atoms with Crippen molar-refractivity contribution in [3.63, 3.8) is 0 Å². The molecular weight excluding hydrogens is 160 g/mol. The molecule has 1 saturated heterocycles. The highest BCUT2D eigenvalue weighted by Gasteiger charge is 2.60. The number of epoxide rings is 1. The molecule has 0 aromatic rings. The molecule has 4 nitrogen and oxygen atoms in total. The minimum absolute atomic E-state index is 0.103. The van der Waals surface area contributed by atoms with Crippen molar-refractivity contribution in [1.82, 2.24) is 0 Å². The Bertz CT molecular complexity index is 275. The summed E-state index contributed by atoms with van der Waals surface area (Å²) in [6, 6.07) is 0. The monoisotopic (exact) mass is 168 g/mol. The van der Waals surface area contributed by atoms with Gasteiger partial charge in [0, 0.05) is 6.92 Å². The third kappa shape index (κ3) is 0.881. The molecule has 2 aliphatic rings. The zero-order chi connectivity index (χ0) is 8.77. The van der Waals surface area contributed by atoms with Crippen LogP contribution >= 0.6 is 0 Å². The first-order valence-corrected chi connectivity index (χ1v) is 3.69. The smallest absolute Gasteiger partial charge is 0.303 e. The molecule has 0 amide bonds. The summed E-state index contributed by atoms with van der Waals surface area (Å²) in [4.78, 5) is 21.7. The van der Waals surface area contributed by atoms with Gasteiger partial charge in [0.15, 0.2) is 17.5 Å². The molecule has 1 aliphatic carbocycles. The van der Waals surface area contributed by atoms with Gasteiger partial charge in [0.05, 0.1) is 6.61 Å². The van der Waals surface area contributed by atoms with Gasteiger partial charge in [0.2, 0.25) is 0 Å². The molecule has 0 radical (unpaired) electrons. The first kappa shape index (κ1) is 7.49. The van der Waals surface area contributed by atoms with Crippen LogP contribution in [0.5, 0.6) is 0 Å². The van der Waals surface area contributed by atoms with Crippen LogP contribution in [0.4, 0.5) is 0 Å². The van der Waals surface area contributed by atoms with E-state index in [2.05, 4.69) is 0 Å². The molecule has 4 heteroatoms. The van der Waals surface area contributed by atoms with Gasteiger partial charge in [-0.15, -0.1) is 0 Å². The van der Waals surface area contributed by atoms with Gasteiger partial charge >= 0.3 is 5.97 Å². The molecule has 1 heterocycles. The number of carbonyl (C=O) groups excluding carboxylic acids is 2. The Kier molecular flexibility index (Phi) is 1.35. The van der Waals surface area contributed by atoms with E-state index in [1.807, 2.05) is 0 Å². The molecule has 12 heavy (non-hydrogen) atoms. The van der Waals surface area contributed by atoms with E-state index >= 15 is 0 Å². The molecule has 0 saturated carbocycles. The van der Waals surface area contributed by atoms with E-state index in [-0.39, 0.29) is 5.78 Å². The van der Waals surface area contributed by atoms with Crippen molar-refractivity contribution >= 4 is 11.8 Å². The molecule has 0 aromatic heterocycles. The van der Waals surface area contributed by atoms with Gasteiger partial charge in [0.25, 0.3) is 0 Å². The lowest BCUT2D eigenvalue weighted by atomic mass is 10.1. The zero-order valence-electron chi connectivity index (χ0n) is 6.57. The maximum Gasteiger partial charge on any atom is 0.303 e. The number of ether oxygens (including phenoxy) is 2. The van der Waals surface area contributed by atoms with E-state index < -0.39 is 17.7 Å². The maximum absolute atomic E-state index is 11.1. The van der Waals surface area contributed by atoms with Crippen LogP contribution < -0.4 is 0 Å². The van der Waals surface area contributed by atoms with Gasteiger partial charge in [-0.3, -0.25) is 9.59 Å². The van der Waals surface area contributed by atoms with Crippen molar-refractivity contribution in [3.8, 4) is 0 Å². The van der Waals surface area contributed by atoms with Crippen LogP contribution in [0.1, 0.15) is 6.92 Å². The van der Waals surface area contributed by atoms with E-state index in [9.17, 15) is 9.59 Å². The van der Waals surface area contributed by atoms with E-state index in [0.29, 0.717) is 6.61 Å². The van der Waals surface area contributed by atoms with Crippen molar-refractivity contribution < 1.29 is 19.1 Å². The van der Waals surface area contributed by atoms with Crippen molar-refractivity contribution in [3.05, 3.63) is 12.2 Å². The average Bonchev–Trinajstić information content (AvgIpc) is 2.71. The Labute approximate surface area is 69.1 Å². The van der Waals surface area contributed by atoms with Crippen molar-refractivity contribution in [2.24, 2.45) is 0 Å². The quantitative estimate of drug-likeness (QED) is 0.403. The largest absolute Gasteiger partial charge is 0.455 e. The number of rotatable bonds is 1. The lowest BCUT2D eigenvalue weighted by Crippen LogP contribution is -2.34. The maximum atomic E-state index is 11.1. The molecule has 1 spiro atoms. The summed E-state index contributed by atoms with van der Waals surface area (Å²) in [5.74, 6) is -0.497. The van der Waals surface area contributed by atoms with Crippen LogP contribution in [0.3, 0.4) is 0 Å². The number of hydrogen-bond donors (Lipinski definition) is 0. The van der Waals surface area contributed by atoms with Gasteiger partial charge < -0.3 is 9.47 Å². The fourth-order valence-corrected chi connectivity index (χ4v) is 1.31. The van der Waals surface area contributed by atoms with E-state index in [1.165, 1.54) is 13.0 Å². The molecule has 0 aromatic carbocycles. The first-order chi connectivity index (χ1) is 5.65. The Morgan fingerprint density at radius 1 is 1.83 bits per heavy atom. The van der Waals surface area contributed by atoms with E-state index in [4.69, 9.17) is 9.47 Å². The van der Waals surface area contributed by atoms with E-state index in [0.717, 1.165) is 0 Å². The van der Waals surface area contributed by atoms with Crippen molar-refractivity contribution in [2.45, 2.75) is 18.6 Å².